The van der Waals surface area contributed by atoms with E-state index < -0.39 is 5.97 Å². The van der Waals surface area contributed by atoms with E-state index in [1.54, 1.807) is 18.2 Å². The Hall–Kier alpha value is -3.22. The third-order valence-electron chi connectivity index (χ3n) is 5.29. The van der Waals surface area contributed by atoms with E-state index in [9.17, 15) is 9.90 Å². The molecular weight excluding hydrogens is 392 g/mol. The Morgan fingerprint density at radius 1 is 1.00 bits per heavy atom. The summed E-state index contributed by atoms with van der Waals surface area (Å²) >= 11 is 0. The number of carboxylic acid groups (broad SMARTS) is 1. The first-order chi connectivity index (χ1) is 15.2. The highest BCUT2D eigenvalue weighted by atomic mass is 16.5. The number of hydrogen-bond donors (Lipinski definition) is 1. The molecule has 6 nitrogen and oxygen atoms in total. The zero-order valence-corrected chi connectivity index (χ0v) is 17.4. The second-order valence-corrected chi connectivity index (χ2v) is 7.65. The summed E-state index contributed by atoms with van der Waals surface area (Å²) in [5, 5.41) is 9.38. The molecule has 0 saturated heterocycles. The molecule has 0 amide bonds. The van der Waals surface area contributed by atoms with Gasteiger partial charge < -0.3 is 14.6 Å². The molecule has 2 bridgehead atoms. The number of hydrogen-bond acceptors (Lipinski definition) is 5. The normalized spacial score (nSPS) is 15.4. The minimum Gasteiger partial charge on any atom is -0.491 e. The number of aromatic carboxylic acids is 1. The van der Waals surface area contributed by atoms with Gasteiger partial charge in [-0.15, -0.1) is 0 Å². The van der Waals surface area contributed by atoms with Crippen molar-refractivity contribution in [3.63, 3.8) is 0 Å². The van der Waals surface area contributed by atoms with Crippen molar-refractivity contribution in [3.8, 4) is 5.75 Å². The van der Waals surface area contributed by atoms with Gasteiger partial charge in [-0.2, -0.15) is 0 Å². The van der Waals surface area contributed by atoms with E-state index in [2.05, 4.69) is 34.1 Å². The lowest BCUT2D eigenvalue weighted by Crippen LogP contribution is -2.27. The van der Waals surface area contributed by atoms with Gasteiger partial charge in [-0.3, -0.25) is 9.88 Å². The molecule has 0 fully saturated rings. The predicted octanol–water partition coefficient (Wildman–Crippen LogP) is 3.78. The fourth-order valence-electron chi connectivity index (χ4n) is 3.77. The monoisotopic (exact) mass is 418 g/mol. The smallest absolute Gasteiger partial charge is 0.335 e. The summed E-state index contributed by atoms with van der Waals surface area (Å²) in [7, 11) is 0. The molecule has 2 aromatic carbocycles. The van der Waals surface area contributed by atoms with Crippen molar-refractivity contribution in [2.24, 2.45) is 0 Å². The summed E-state index contributed by atoms with van der Waals surface area (Å²) in [5.41, 5.74) is 4.68. The molecule has 0 aliphatic carbocycles. The number of rotatable bonds is 3. The van der Waals surface area contributed by atoms with E-state index in [4.69, 9.17) is 9.47 Å². The lowest BCUT2D eigenvalue weighted by atomic mass is 10.00. The fourth-order valence-corrected chi connectivity index (χ4v) is 3.77. The van der Waals surface area contributed by atoms with Crippen molar-refractivity contribution in [2.45, 2.75) is 19.5 Å². The van der Waals surface area contributed by atoms with Crippen molar-refractivity contribution in [3.05, 3.63) is 94.8 Å². The number of carboxylic acids is 1. The number of aromatic nitrogens is 1. The zero-order chi connectivity index (χ0) is 21.5. The van der Waals surface area contributed by atoms with Crippen molar-refractivity contribution >= 4 is 5.97 Å². The maximum Gasteiger partial charge on any atom is 0.335 e. The predicted molar refractivity (Wildman–Crippen MR) is 117 cm³/mol. The van der Waals surface area contributed by atoms with Gasteiger partial charge in [0.15, 0.2) is 0 Å². The summed E-state index contributed by atoms with van der Waals surface area (Å²) in [4.78, 5) is 17.9. The summed E-state index contributed by atoms with van der Waals surface area (Å²) in [6.07, 6.45) is 4.24. The van der Waals surface area contributed by atoms with Crippen molar-refractivity contribution in [2.75, 3.05) is 26.4 Å². The quantitative estimate of drug-likeness (QED) is 0.698. The van der Waals surface area contributed by atoms with E-state index >= 15 is 0 Å². The Bertz CT molecular complexity index is 1020. The van der Waals surface area contributed by atoms with Gasteiger partial charge in [0.25, 0.3) is 0 Å². The second kappa shape index (κ2) is 10.2. The van der Waals surface area contributed by atoms with Gasteiger partial charge in [0, 0.05) is 38.4 Å². The van der Waals surface area contributed by atoms with E-state index in [0.717, 1.165) is 30.8 Å². The number of pyridine rings is 1. The van der Waals surface area contributed by atoms with Crippen LogP contribution in [0.2, 0.25) is 0 Å². The number of nitrogens with zero attached hydrogens (tertiary/aromatic N) is 2. The molecule has 160 valence electrons. The molecule has 1 N–H and O–H groups in total. The molecular formula is C25H26N2O4. The minimum atomic E-state index is -0.939. The van der Waals surface area contributed by atoms with Gasteiger partial charge in [-0.05, 0) is 52.6 Å². The SMILES string of the molecule is O=C(O)c1ccc2c(c1)Cc1cccc(c1)CN(Cc1ccncc1)CCOCCO2. The van der Waals surface area contributed by atoms with Crippen LogP contribution in [0.3, 0.4) is 0 Å². The molecule has 2 heterocycles. The molecule has 0 atom stereocenters. The van der Waals surface area contributed by atoms with Crippen LogP contribution in [-0.4, -0.2) is 47.3 Å². The first-order valence-electron chi connectivity index (χ1n) is 10.4. The third kappa shape index (κ3) is 5.90. The molecule has 3 aromatic rings. The van der Waals surface area contributed by atoms with Crippen LogP contribution in [0.1, 0.15) is 32.6 Å². The first kappa shape index (κ1) is 21.0. The highest BCUT2D eigenvalue weighted by Gasteiger charge is 2.13. The Labute approximate surface area is 182 Å². The van der Waals surface area contributed by atoms with Crippen LogP contribution in [0.5, 0.6) is 5.75 Å². The lowest BCUT2D eigenvalue weighted by molar-refractivity contribution is 0.0695. The zero-order valence-electron chi connectivity index (χ0n) is 17.4. The maximum atomic E-state index is 11.4. The number of carbonyl (C=O) groups is 1. The fraction of sp³-hybridized carbons (Fsp3) is 0.280. The highest BCUT2D eigenvalue weighted by Crippen LogP contribution is 2.24. The summed E-state index contributed by atoms with van der Waals surface area (Å²) in [5.74, 6) is -0.235. The topological polar surface area (TPSA) is 71.9 Å². The van der Waals surface area contributed by atoms with Gasteiger partial charge in [0.2, 0.25) is 0 Å². The van der Waals surface area contributed by atoms with Crippen LogP contribution < -0.4 is 4.74 Å². The molecule has 0 radical (unpaired) electrons. The number of benzene rings is 2. The molecule has 31 heavy (non-hydrogen) atoms. The van der Waals surface area contributed by atoms with Crippen LogP contribution in [0.15, 0.2) is 67.0 Å². The van der Waals surface area contributed by atoms with E-state index in [1.807, 2.05) is 24.5 Å². The summed E-state index contributed by atoms with van der Waals surface area (Å²) < 4.78 is 11.7. The van der Waals surface area contributed by atoms with E-state index in [-0.39, 0.29) is 5.56 Å². The number of ether oxygens (including phenoxy) is 2. The van der Waals surface area contributed by atoms with Crippen molar-refractivity contribution < 1.29 is 19.4 Å². The largest absolute Gasteiger partial charge is 0.491 e. The van der Waals surface area contributed by atoms with Gasteiger partial charge in [0.05, 0.1) is 18.8 Å². The Morgan fingerprint density at radius 3 is 2.68 bits per heavy atom. The van der Waals surface area contributed by atoms with E-state index in [1.165, 1.54) is 11.1 Å². The second-order valence-electron chi connectivity index (χ2n) is 7.65. The Balaban J connectivity index is 1.60. The van der Waals surface area contributed by atoms with Crippen LogP contribution in [0.25, 0.3) is 0 Å². The molecule has 6 heteroatoms. The van der Waals surface area contributed by atoms with Crippen LogP contribution in [-0.2, 0) is 24.2 Å². The third-order valence-corrected chi connectivity index (χ3v) is 5.29. The number of fused-ring (bicyclic) bond motifs is 3. The van der Waals surface area contributed by atoms with Crippen molar-refractivity contribution in [1.29, 1.82) is 0 Å². The molecule has 1 aliphatic rings. The van der Waals surface area contributed by atoms with E-state index in [0.29, 0.717) is 32.0 Å². The lowest BCUT2D eigenvalue weighted by Gasteiger charge is -2.23. The average Bonchev–Trinajstić information content (AvgIpc) is 2.77. The van der Waals surface area contributed by atoms with Crippen LogP contribution in [0, 0.1) is 0 Å². The van der Waals surface area contributed by atoms with Crippen LogP contribution in [0.4, 0.5) is 0 Å². The molecule has 1 aliphatic heterocycles. The molecule has 0 spiro atoms. The molecule has 0 unspecified atom stereocenters. The summed E-state index contributed by atoms with van der Waals surface area (Å²) in [6.45, 7) is 3.94. The maximum absolute atomic E-state index is 11.4. The highest BCUT2D eigenvalue weighted by molar-refractivity contribution is 5.88. The Kier molecular flexibility index (Phi) is 6.92. The molecule has 4 rings (SSSR count). The van der Waals surface area contributed by atoms with Crippen LogP contribution >= 0.6 is 0 Å². The molecule has 1 aromatic heterocycles. The Morgan fingerprint density at radius 2 is 1.84 bits per heavy atom. The van der Waals surface area contributed by atoms with Gasteiger partial charge in [-0.25, -0.2) is 4.79 Å². The van der Waals surface area contributed by atoms with Gasteiger partial charge in [0.1, 0.15) is 12.4 Å². The van der Waals surface area contributed by atoms with Gasteiger partial charge >= 0.3 is 5.97 Å². The molecule has 0 saturated carbocycles. The minimum absolute atomic E-state index is 0.263. The first-order valence-corrected chi connectivity index (χ1v) is 10.4. The van der Waals surface area contributed by atoms with Crippen molar-refractivity contribution in [1.82, 2.24) is 9.88 Å². The van der Waals surface area contributed by atoms with Gasteiger partial charge in [-0.1, -0.05) is 24.3 Å². The standard InChI is InChI=1S/C25H26N2O4/c28-25(29)22-4-5-24-23(16-22)15-20-2-1-3-21(14-20)18-27(10-11-30-12-13-31-24)17-19-6-8-26-9-7-19/h1-9,14,16H,10-13,15,17-18H2,(H,28,29). The average molecular weight is 418 g/mol. The summed E-state index contributed by atoms with van der Waals surface area (Å²) in [6, 6.07) is 17.5.